The van der Waals surface area contributed by atoms with E-state index in [0.717, 1.165) is 36.0 Å². The monoisotopic (exact) mass is 1100 g/mol. The predicted octanol–water partition coefficient (Wildman–Crippen LogP) is -1.35. The molecular formula is C54H84N16O9. The summed E-state index contributed by atoms with van der Waals surface area (Å²) >= 11 is 0. The van der Waals surface area contributed by atoms with Crippen LogP contribution in [-0.2, 0) is 52.9 Å². The van der Waals surface area contributed by atoms with Crippen molar-refractivity contribution in [3.8, 4) is 0 Å². The zero-order valence-corrected chi connectivity index (χ0v) is 45.2. The third kappa shape index (κ3) is 19.4. The molecule has 6 amide bonds. The van der Waals surface area contributed by atoms with Gasteiger partial charge in [-0.1, -0.05) is 80.3 Å². The van der Waals surface area contributed by atoms with Gasteiger partial charge in [-0.25, -0.2) is 4.79 Å². The molecule has 5 rings (SSSR count). The summed E-state index contributed by atoms with van der Waals surface area (Å²) in [5.74, 6) is -5.30. The first-order valence-electron chi connectivity index (χ1n) is 27.6. The van der Waals surface area contributed by atoms with Crippen LogP contribution in [0.5, 0.6) is 0 Å². The average molecular weight is 1100 g/mol. The number of unbranched alkanes of at least 4 members (excludes halogenated alkanes) is 2. The van der Waals surface area contributed by atoms with Crippen LogP contribution in [0.1, 0.15) is 113 Å². The number of rotatable bonds is 31. The van der Waals surface area contributed by atoms with Crippen LogP contribution < -0.4 is 61.4 Å². The number of aliphatic imine (C=N–C) groups is 3. The Balaban J connectivity index is 1.26. The van der Waals surface area contributed by atoms with Gasteiger partial charge in [0.2, 0.25) is 35.4 Å². The first kappa shape index (κ1) is 62.3. The van der Waals surface area contributed by atoms with Crippen LogP contribution in [0.4, 0.5) is 0 Å². The van der Waals surface area contributed by atoms with Crippen molar-refractivity contribution < 1.29 is 43.8 Å². The summed E-state index contributed by atoms with van der Waals surface area (Å²) in [7, 11) is 0. The normalized spacial score (nSPS) is 19.4. The van der Waals surface area contributed by atoms with E-state index < -0.39 is 90.2 Å². The highest BCUT2D eigenvalue weighted by atomic mass is 16.4. The Morgan fingerprint density at radius 1 is 0.633 bits per heavy atom. The van der Waals surface area contributed by atoms with E-state index in [1.165, 1.54) is 4.90 Å². The van der Waals surface area contributed by atoms with E-state index in [2.05, 4.69) is 36.2 Å². The Morgan fingerprint density at radius 3 is 1.86 bits per heavy atom. The Kier molecular flexibility index (Phi) is 25.0. The van der Waals surface area contributed by atoms with Gasteiger partial charge in [-0.05, 0) is 99.7 Å². The molecule has 25 nitrogen and oxygen atoms in total. The van der Waals surface area contributed by atoms with Crippen LogP contribution in [-0.4, -0.2) is 154 Å². The van der Waals surface area contributed by atoms with Gasteiger partial charge in [-0.3, -0.25) is 43.7 Å². The SMILES string of the molecule is NC(N)=NCCCC(N)C(=O)NC(CCCN=C(N)N)C(=O)NCCCCCC(Cc1ccccc1)C(=O)NC(CO)C(=O)N1Cc2ccccc2CC1C(=O)N1C(C(=O)NC(CCCN=C(N)N)C(=O)O)CC2CCCCC21. The number of amides is 6. The standard InChI is InChI=1S/C54H84N16O9/c55-38(20-11-25-63-52(56)57)46(73)66-39(21-12-26-64-53(58)59)47(74)62-24-10-2-5-18-36(28-33-14-3-1-4-15-33)45(72)68-41(32-71)49(76)69-31-37-19-7-6-16-34(37)29-44(69)50(77)70-42-23-9-8-17-35(42)30-43(70)48(75)67-40(51(78)79)22-13-27-65-54(60)61/h1,3-4,6-7,14-16,19,35-36,38-44,71H,2,5,8-13,17-18,20-32,55H2,(H,62,74)(H,66,73)(H,67,75)(H,68,72)(H,78,79)(H4,56,57,63)(H4,58,59,64)(H4,60,61,65). The lowest BCUT2D eigenvalue weighted by Crippen LogP contribution is -2.62. The number of carboxylic acid groups (broad SMARTS) is 1. The Morgan fingerprint density at radius 2 is 1.23 bits per heavy atom. The quantitative estimate of drug-likeness (QED) is 0.0236. The lowest BCUT2D eigenvalue weighted by molar-refractivity contribution is -0.153. The Bertz CT molecular complexity index is 2450. The molecule has 2 aliphatic heterocycles. The molecule has 3 aliphatic rings. The van der Waals surface area contributed by atoms with Gasteiger partial charge in [0.15, 0.2) is 17.9 Å². The van der Waals surface area contributed by atoms with Gasteiger partial charge in [-0.15, -0.1) is 0 Å². The number of hydrogen-bond donors (Lipinski definition) is 13. The minimum absolute atomic E-state index is 0.00211. The second-order valence-corrected chi connectivity index (χ2v) is 20.7. The van der Waals surface area contributed by atoms with Crippen molar-refractivity contribution in [1.29, 1.82) is 0 Å². The van der Waals surface area contributed by atoms with Crippen LogP contribution in [0, 0.1) is 11.8 Å². The summed E-state index contributed by atoms with van der Waals surface area (Å²) in [6.07, 6.45) is 7.72. The molecule has 25 heteroatoms. The lowest BCUT2D eigenvalue weighted by Gasteiger charge is -2.42. The molecule has 2 aromatic rings. The number of nitrogens with two attached hydrogens (primary N) is 7. The minimum Gasteiger partial charge on any atom is -0.480 e. The van der Waals surface area contributed by atoms with E-state index in [9.17, 15) is 39.0 Å². The van der Waals surface area contributed by atoms with Crippen LogP contribution in [0.3, 0.4) is 0 Å². The van der Waals surface area contributed by atoms with Crippen molar-refractivity contribution in [2.75, 3.05) is 32.8 Å². The number of carbonyl (C=O) groups is 7. The van der Waals surface area contributed by atoms with Gasteiger partial charge < -0.3 is 81.4 Å². The van der Waals surface area contributed by atoms with Crippen LogP contribution >= 0.6 is 0 Å². The maximum Gasteiger partial charge on any atom is 0.326 e. The number of aliphatic carboxylic acids is 1. The van der Waals surface area contributed by atoms with E-state index in [1.807, 2.05) is 54.6 Å². The number of hydrogen-bond acceptors (Lipinski definition) is 12. The fourth-order valence-corrected chi connectivity index (χ4v) is 10.8. The first-order chi connectivity index (χ1) is 37.9. The molecule has 0 aromatic heterocycles. The third-order valence-electron chi connectivity index (χ3n) is 14.9. The summed E-state index contributed by atoms with van der Waals surface area (Å²) in [5, 5.41) is 32.1. The molecule has 0 spiro atoms. The number of benzene rings is 2. The first-order valence-corrected chi connectivity index (χ1v) is 27.6. The van der Waals surface area contributed by atoms with Crippen molar-refractivity contribution in [2.45, 2.75) is 158 Å². The van der Waals surface area contributed by atoms with Gasteiger partial charge in [-0.2, -0.15) is 0 Å². The largest absolute Gasteiger partial charge is 0.480 e. The van der Waals surface area contributed by atoms with Gasteiger partial charge >= 0.3 is 5.97 Å². The predicted molar refractivity (Wildman–Crippen MR) is 299 cm³/mol. The van der Waals surface area contributed by atoms with Crippen LogP contribution in [0.15, 0.2) is 69.6 Å². The van der Waals surface area contributed by atoms with E-state index in [-0.39, 0.29) is 88.1 Å². The molecule has 1 aliphatic carbocycles. The number of nitrogens with one attached hydrogen (secondary N) is 4. The lowest BCUT2D eigenvalue weighted by atomic mass is 9.84. The van der Waals surface area contributed by atoms with Crippen molar-refractivity contribution in [3.05, 3.63) is 71.3 Å². The molecule has 9 unspecified atom stereocenters. The second kappa shape index (κ2) is 31.8. The Hall–Kier alpha value is -7.54. The molecule has 434 valence electrons. The third-order valence-corrected chi connectivity index (χ3v) is 14.9. The average Bonchev–Trinajstić information content (AvgIpc) is 4.10. The maximum atomic E-state index is 15.3. The number of aliphatic hydroxyl groups is 1. The summed E-state index contributed by atoms with van der Waals surface area (Å²) < 4.78 is 0. The van der Waals surface area contributed by atoms with Gasteiger partial charge in [0, 0.05) is 51.1 Å². The fraction of sp³-hybridized carbons (Fsp3) is 0.593. The molecule has 20 N–H and O–H groups in total. The smallest absolute Gasteiger partial charge is 0.326 e. The highest BCUT2D eigenvalue weighted by Crippen LogP contribution is 2.41. The van der Waals surface area contributed by atoms with Crippen LogP contribution in [0.2, 0.25) is 0 Å². The number of aliphatic hydroxyl groups excluding tert-OH is 1. The number of nitrogens with zero attached hydrogens (tertiary/aromatic N) is 5. The summed E-state index contributed by atoms with van der Waals surface area (Å²) in [5.41, 5.74) is 41.2. The molecule has 0 radical (unpaired) electrons. The number of fused-ring (bicyclic) bond motifs is 2. The Labute approximate surface area is 461 Å². The molecule has 2 heterocycles. The number of likely N-dealkylation sites (tertiary alicyclic amines) is 1. The molecule has 2 aromatic carbocycles. The fourth-order valence-electron chi connectivity index (χ4n) is 10.8. The summed E-state index contributed by atoms with van der Waals surface area (Å²) in [6.45, 7) is 0.217. The molecule has 1 saturated carbocycles. The minimum atomic E-state index is -1.43. The maximum absolute atomic E-state index is 15.3. The molecule has 9 atom stereocenters. The van der Waals surface area contributed by atoms with Gasteiger partial charge in [0.05, 0.1) is 12.6 Å². The molecule has 2 fully saturated rings. The topological polar surface area (TPSA) is 434 Å². The molecule has 79 heavy (non-hydrogen) atoms. The molecule has 0 bridgehead atoms. The van der Waals surface area contributed by atoms with Gasteiger partial charge in [0.25, 0.3) is 0 Å². The zero-order chi connectivity index (χ0) is 57.4. The van der Waals surface area contributed by atoms with E-state index in [1.54, 1.807) is 4.90 Å². The molecule has 1 saturated heterocycles. The number of carbonyl (C=O) groups excluding carboxylic acids is 6. The summed E-state index contributed by atoms with van der Waals surface area (Å²) in [6, 6.07) is 9.88. The summed E-state index contributed by atoms with van der Waals surface area (Å²) in [4.78, 5) is 112. The van der Waals surface area contributed by atoms with Crippen LogP contribution in [0.25, 0.3) is 0 Å². The van der Waals surface area contributed by atoms with E-state index >= 15 is 4.79 Å². The van der Waals surface area contributed by atoms with Crippen molar-refractivity contribution >= 4 is 59.3 Å². The second-order valence-electron chi connectivity index (χ2n) is 20.7. The number of guanidine groups is 3. The van der Waals surface area contributed by atoms with E-state index in [0.29, 0.717) is 64.3 Å². The van der Waals surface area contributed by atoms with Crippen molar-refractivity contribution in [2.24, 2.45) is 66.9 Å². The van der Waals surface area contributed by atoms with Crippen molar-refractivity contribution in [3.63, 3.8) is 0 Å². The highest BCUT2D eigenvalue weighted by Gasteiger charge is 2.51. The van der Waals surface area contributed by atoms with E-state index in [4.69, 9.17) is 40.1 Å². The van der Waals surface area contributed by atoms with Crippen molar-refractivity contribution in [1.82, 2.24) is 31.1 Å². The van der Waals surface area contributed by atoms with Gasteiger partial charge in [0.1, 0.15) is 30.2 Å². The zero-order valence-electron chi connectivity index (χ0n) is 45.2. The highest BCUT2D eigenvalue weighted by molar-refractivity contribution is 5.96. The molecular weight excluding hydrogens is 1020 g/mol. The number of carboxylic acids is 1.